The molecule has 9 nitrogen and oxygen atoms in total. The van der Waals surface area contributed by atoms with Crippen molar-refractivity contribution in [3.05, 3.63) is 59.7 Å². The van der Waals surface area contributed by atoms with Crippen LogP contribution in [0.15, 0.2) is 48.5 Å². The van der Waals surface area contributed by atoms with Gasteiger partial charge in [0, 0.05) is 56.8 Å². The van der Waals surface area contributed by atoms with Crippen LogP contribution in [0.5, 0.6) is 11.5 Å². The zero-order valence-corrected chi connectivity index (χ0v) is 25.0. The van der Waals surface area contributed by atoms with E-state index in [0.717, 1.165) is 37.9 Å². The molecule has 0 aromatic heterocycles. The summed E-state index contributed by atoms with van der Waals surface area (Å²) in [7, 11) is 3.24. The monoisotopic (exact) mass is 567 g/mol. The molecule has 1 aliphatic heterocycles. The van der Waals surface area contributed by atoms with Gasteiger partial charge in [-0.1, -0.05) is 37.3 Å². The topological polar surface area (TPSA) is 98.4 Å². The van der Waals surface area contributed by atoms with Gasteiger partial charge in [0.1, 0.15) is 6.10 Å². The molecule has 1 saturated carbocycles. The van der Waals surface area contributed by atoms with E-state index in [2.05, 4.69) is 10.6 Å². The molecule has 0 bridgehead atoms. The van der Waals surface area contributed by atoms with Crippen molar-refractivity contribution in [3.63, 3.8) is 0 Å². The van der Waals surface area contributed by atoms with Crippen molar-refractivity contribution < 1.29 is 28.5 Å². The van der Waals surface area contributed by atoms with Gasteiger partial charge in [0.15, 0.2) is 11.5 Å². The van der Waals surface area contributed by atoms with Crippen LogP contribution in [0.3, 0.4) is 0 Å². The highest BCUT2D eigenvalue weighted by atomic mass is 16.6. The van der Waals surface area contributed by atoms with Gasteiger partial charge in [0.05, 0.1) is 19.8 Å². The molecule has 0 radical (unpaired) electrons. The number of rotatable bonds is 14. The van der Waals surface area contributed by atoms with Crippen LogP contribution < -0.4 is 20.1 Å². The Morgan fingerprint density at radius 3 is 2.56 bits per heavy atom. The number of nitrogens with one attached hydrogen (secondary N) is 2. The van der Waals surface area contributed by atoms with Gasteiger partial charge in [0.2, 0.25) is 0 Å². The Bertz CT molecular complexity index is 1160. The highest BCUT2D eigenvalue weighted by molar-refractivity contribution is 5.95. The number of hydrogen-bond acceptors (Lipinski definition) is 7. The summed E-state index contributed by atoms with van der Waals surface area (Å²) < 4.78 is 22.4. The summed E-state index contributed by atoms with van der Waals surface area (Å²) in [5, 5.41) is 6.53. The van der Waals surface area contributed by atoms with E-state index in [4.69, 9.17) is 18.9 Å². The number of hydrogen-bond donors (Lipinski definition) is 2. The first kappa shape index (κ1) is 30.7. The number of carbonyl (C=O) groups is 2. The lowest BCUT2D eigenvalue weighted by Crippen LogP contribution is -2.43. The van der Waals surface area contributed by atoms with Gasteiger partial charge in [-0.3, -0.25) is 4.79 Å². The van der Waals surface area contributed by atoms with E-state index in [1.807, 2.05) is 56.0 Å². The second kappa shape index (κ2) is 14.0. The number of benzene rings is 2. The Labute approximate surface area is 243 Å². The number of ether oxygens (including phenoxy) is 4. The summed E-state index contributed by atoms with van der Waals surface area (Å²) in [6, 6.07) is 15.2. The maximum atomic E-state index is 13.8. The normalized spacial score (nSPS) is 21.9. The minimum absolute atomic E-state index is 0.00840. The molecular formula is C32H45N3O6. The summed E-state index contributed by atoms with van der Waals surface area (Å²) in [6.45, 7) is 9.28. The zero-order valence-electron chi connectivity index (χ0n) is 25.0. The highest BCUT2D eigenvalue weighted by Gasteiger charge is 2.64. The van der Waals surface area contributed by atoms with Crippen molar-refractivity contribution in [2.75, 3.05) is 47.1 Å². The average Bonchev–Trinajstić information content (AvgIpc) is 3.51. The van der Waals surface area contributed by atoms with Crippen molar-refractivity contribution in [2.24, 2.45) is 11.3 Å². The Morgan fingerprint density at radius 1 is 1.10 bits per heavy atom. The van der Waals surface area contributed by atoms with Crippen LogP contribution in [0, 0.1) is 11.3 Å². The standard InChI is InChI=1S/C32H45N3O6/c1-6-26(23-11-8-7-9-12-23)34-31(37)41-29-18-32(29)21-33-19-25(32)20-35(22(2)3)30(36)24-13-14-27(39-5)28(17-24)40-16-10-15-38-4/h7-9,11-14,17,22,25-26,29,33H,6,10,15-16,18-21H2,1-5H3,(H,34,37)/t25-,26+,29+,32?/m0/s1. The van der Waals surface area contributed by atoms with E-state index in [0.29, 0.717) is 36.8 Å². The van der Waals surface area contributed by atoms with Crippen molar-refractivity contribution in [2.45, 2.75) is 58.2 Å². The van der Waals surface area contributed by atoms with E-state index in [1.54, 1.807) is 32.4 Å². The van der Waals surface area contributed by atoms with Crippen molar-refractivity contribution >= 4 is 12.0 Å². The first-order chi connectivity index (χ1) is 19.8. The Morgan fingerprint density at radius 2 is 1.88 bits per heavy atom. The number of amides is 2. The molecule has 4 atom stereocenters. The second-order valence-electron chi connectivity index (χ2n) is 11.3. The van der Waals surface area contributed by atoms with Crippen molar-refractivity contribution in [3.8, 4) is 11.5 Å². The van der Waals surface area contributed by atoms with Gasteiger partial charge in [-0.05, 0) is 56.4 Å². The molecule has 224 valence electrons. The first-order valence-electron chi connectivity index (χ1n) is 14.7. The molecule has 2 aromatic rings. The third-order valence-electron chi connectivity index (χ3n) is 8.32. The van der Waals surface area contributed by atoms with E-state index in [-0.39, 0.29) is 41.5 Å². The predicted octanol–water partition coefficient (Wildman–Crippen LogP) is 4.82. The summed E-state index contributed by atoms with van der Waals surface area (Å²) in [5.41, 5.74) is 1.45. The Kier molecular flexibility index (Phi) is 10.5. The molecule has 2 fully saturated rings. The van der Waals surface area contributed by atoms with Gasteiger partial charge in [-0.2, -0.15) is 0 Å². The highest BCUT2D eigenvalue weighted by Crippen LogP contribution is 2.56. The van der Waals surface area contributed by atoms with Gasteiger partial charge >= 0.3 is 6.09 Å². The fourth-order valence-electron chi connectivity index (χ4n) is 5.79. The SMILES string of the molecule is CC[C@@H](NC(=O)O[C@@H]1CC12CNC[C@H]2CN(C(=O)c1ccc(OC)c(OCCCOC)c1)C(C)C)c1ccccc1. The average molecular weight is 568 g/mol. The van der Waals surface area contributed by atoms with Crippen LogP contribution in [0.2, 0.25) is 0 Å². The molecule has 2 N–H and O–H groups in total. The van der Waals surface area contributed by atoms with Crippen LogP contribution >= 0.6 is 0 Å². The molecular weight excluding hydrogens is 522 g/mol. The first-order valence-corrected chi connectivity index (χ1v) is 14.7. The van der Waals surface area contributed by atoms with Gasteiger partial charge in [-0.25, -0.2) is 4.79 Å². The molecule has 2 aliphatic rings. The van der Waals surface area contributed by atoms with Crippen LogP contribution in [-0.4, -0.2) is 76.1 Å². The quantitative estimate of drug-likeness (QED) is 0.316. The van der Waals surface area contributed by atoms with Crippen molar-refractivity contribution in [1.82, 2.24) is 15.5 Å². The molecule has 1 saturated heterocycles. The smallest absolute Gasteiger partial charge is 0.407 e. The fraction of sp³-hybridized carbons (Fsp3) is 0.562. The van der Waals surface area contributed by atoms with E-state index >= 15 is 0 Å². The molecule has 2 amide bonds. The van der Waals surface area contributed by atoms with Gasteiger partial charge in [-0.15, -0.1) is 0 Å². The minimum Gasteiger partial charge on any atom is -0.493 e. The fourth-order valence-corrected chi connectivity index (χ4v) is 5.79. The van der Waals surface area contributed by atoms with Crippen LogP contribution in [-0.2, 0) is 9.47 Å². The van der Waals surface area contributed by atoms with Crippen LogP contribution in [0.1, 0.15) is 62.0 Å². The number of nitrogens with zero attached hydrogens (tertiary/aromatic N) is 1. The molecule has 41 heavy (non-hydrogen) atoms. The molecule has 1 unspecified atom stereocenters. The lowest BCUT2D eigenvalue weighted by Gasteiger charge is -2.32. The number of alkyl carbamates (subject to hydrolysis) is 1. The molecule has 9 heteroatoms. The van der Waals surface area contributed by atoms with Gasteiger partial charge < -0.3 is 34.5 Å². The summed E-state index contributed by atoms with van der Waals surface area (Å²) in [6.07, 6.45) is 1.74. The van der Waals surface area contributed by atoms with Crippen LogP contribution in [0.4, 0.5) is 4.79 Å². The van der Waals surface area contributed by atoms with Gasteiger partial charge in [0.25, 0.3) is 5.91 Å². The molecule has 4 rings (SSSR count). The summed E-state index contributed by atoms with van der Waals surface area (Å²) >= 11 is 0. The van der Waals surface area contributed by atoms with E-state index in [9.17, 15) is 9.59 Å². The summed E-state index contributed by atoms with van der Waals surface area (Å²) in [4.78, 5) is 28.5. The Hall–Kier alpha value is -3.30. The third-order valence-corrected chi connectivity index (χ3v) is 8.32. The maximum absolute atomic E-state index is 13.8. The number of methoxy groups -OCH3 is 2. The molecule has 2 aromatic carbocycles. The van der Waals surface area contributed by atoms with E-state index in [1.165, 1.54) is 0 Å². The third kappa shape index (κ3) is 7.32. The number of carbonyl (C=O) groups excluding carboxylic acids is 2. The second-order valence-corrected chi connectivity index (χ2v) is 11.3. The molecule has 1 heterocycles. The molecule has 1 aliphatic carbocycles. The Balaban J connectivity index is 1.40. The van der Waals surface area contributed by atoms with Crippen LogP contribution in [0.25, 0.3) is 0 Å². The lowest BCUT2D eigenvalue weighted by atomic mass is 9.91. The predicted molar refractivity (Wildman–Crippen MR) is 157 cm³/mol. The maximum Gasteiger partial charge on any atom is 0.407 e. The van der Waals surface area contributed by atoms with E-state index < -0.39 is 0 Å². The zero-order chi connectivity index (χ0) is 29.4. The largest absolute Gasteiger partial charge is 0.493 e. The summed E-state index contributed by atoms with van der Waals surface area (Å²) in [5.74, 6) is 1.24. The lowest BCUT2D eigenvalue weighted by molar-refractivity contribution is 0.0623. The molecule has 1 spiro atoms. The minimum atomic E-state index is -0.388. The van der Waals surface area contributed by atoms with Crippen molar-refractivity contribution in [1.29, 1.82) is 0 Å².